The van der Waals surface area contributed by atoms with Crippen LogP contribution in [0.2, 0.25) is 5.02 Å². The summed E-state index contributed by atoms with van der Waals surface area (Å²) in [7, 11) is 3.43. The van der Waals surface area contributed by atoms with Crippen LogP contribution in [0.4, 0.5) is 5.82 Å². The number of ether oxygens (including phenoxy) is 1. The third-order valence-corrected chi connectivity index (χ3v) is 3.08. The number of likely N-dealkylation sites (N-methyl/N-ethyl adjacent to an activating group) is 2. The third-order valence-electron chi connectivity index (χ3n) is 2.86. The second kappa shape index (κ2) is 8.46. The summed E-state index contributed by atoms with van der Waals surface area (Å²) in [6.45, 7) is 2.61. The highest BCUT2D eigenvalue weighted by atomic mass is 35.5. The molecule has 6 nitrogen and oxygen atoms in total. The zero-order chi connectivity index (χ0) is 15.8. The number of pyridine rings is 1. The number of anilines is 1. The minimum absolute atomic E-state index is 0.0986. The largest absolute Gasteiger partial charge is 0.466 e. The highest BCUT2D eigenvalue weighted by Crippen LogP contribution is 2.12. The lowest BCUT2D eigenvalue weighted by atomic mass is 10.3. The van der Waals surface area contributed by atoms with Gasteiger partial charge in [0.25, 0.3) is 0 Å². The van der Waals surface area contributed by atoms with Crippen molar-refractivity contribution in [2.24, 2.45) is 0 Å². The normalized spacial score (nSPS) is 10.1. The quantitative estimate of drug-likeness (QED) is 0.715. The van der Waals surface area contributed by atoms with Crippen molar-refractivity contribution in [2.45, 2.75) is 13.3 Å². The SMILES string of the molecule is CCOC(=O)CCN(C)C(=O)CN(C)c1ccc(Cl)cn1. The molecular weight excluding hydrogens is 294 g/mol. The smallest absolute Gasteiger partial charge is 0.307 e. The van der Waals surface area contributed by atoms with E-state index >= 15 is 0 Å². The van der Waals surface area contributed by atoms with Crippen molar-refractivity contribution in [3.8, 4) is 0 Å². The van der Waals surface area contributed by atoms with E-state index in [0.29, 0.717) is 24.0 Å². The second-order valence-corrected chi connectivity index (χ2v) is 5.00. The predicted octanol–water partition coefficient (Wildman–Crippen LogP) is 1.58. The molecule has 0 atom stereocenters. The summed E-state index contributed by atoms with van der Waals surface area (Å²) >= 11 is 5.77. The molecule has 1 amide bonds. The fourth-order valence-corrected chi connectivity index (χ4v) is 1.73. The third kappa shape index (κ3) is 5.99. The monoisotopic (exact) mass is 313 g/mol. The van der Waals surface area contributed by atoms with E-state index in [4.69, 9.17) is 16.3 Å². The Morgan fingerprint density at radius 3 is 2.62 bits per heavy atom. The molecule has 1 aromatic rings. The first kappa shape index (κ1) is 17.2. The van der Waals surface area contributed by atoms with Gasteiger partial charge in [-0.3, -0.25) is 9.59 Å². The molecule has 116 valence electrons. The lowest BCUT2D eigenvalue weighted by Gasteiger charge is -2.22. The van der Waals surface area contributed by atoms with Crippen LogP contribution in [0.15, 0.2) is 18.3 Å². The van der Waals surface area contributed by atoms with E-state index in [-0.39, 0.29) is 24.8 Å². The number of hydrogen-bond donors (Lipinski definition) is 0. The summed E-state index contributed by atoms with van der Waals surface area (Å²) < 4.78 is 4.82. The summed E-state index contributed by atoms with van der Waals surface area (Å²) in [4.78, 5) is 30.7. The highest BCUT2D eigenvalue weighted by molar-refractivity contribution is 6.30. The van der Waals surface area contributed by atoms with Crippen molar-refractivity contribution in [3.05, 3.63) is 23.4 Å². The number of nitrogens with zero attached hydrogens (tertiary/aromatic N) is 3. The van der Waals surface area contributed by atoms with Gasteiger partial charge in [0.1, 0.15) is 5.82 Å². The van der Waals surface area contributed by atoms with Crippen molar-refractivity contribution in [1.29, 1.82) is 0 Å². The maximum absolute atomic E-state index is 12.0. The van der Waals surface area contributed by atoms with Crippen LogP contribution in [-0.2, 0) is 14.3 Å². The number of esters is 1. The Bertz CT molecular complexity index is 479. The molecule has 0 N–H and O–H groups in total. The molecule has 0 unspecified atom stereocenters. The van der Waals surface area contributed by atoms with Crippen LogP contribution in [-0.4, -0.2) is 55.6 Å². The number of carbonyl (C=O) groups is 2. The number of rotatable bonds is 7. The fourth-order valence-electron chi connectivity index (χ4n) is 1.62. The van der Waals surface area contributed by atoms with E-state index in [0.717, 1.165) is 0 Å². The number of carbonyl (C=O) groups excluding carboxylic acids is 2. The Morgan fingerprint density at radius 1 is 1.33 bits per heavy atom. The molecule has 0 aliphatic carbocycles. The predicted molar refractivity (Wildman–Crippen MR) is 81.4 cm³/mol. The molecule has 0 spiro atoms. The van der Waals surface area contributed by atoms with Crippen LogP contribution in [0.1, 0.15) is 13.3 Å². The van der Waals surface area contributed by atoms with Crippen LogP contribution in [0, 0.1) is 0 Å². The van der Waals surface area contributed by atoms with Gasteiger partial charge in [0.2, 0.25) is 5.91 Å². The van der Waals surface area contributed by atoms with Crippen molar-refractivity contribution in [2.75, 3.05) is 38.7 Å². The Labute approximate surface area is 129 Å². The van der Waals surface area contributed by atoms with Gasteiger partial charge in [-0.25, -0.2) is 4.98 Å². The molecule has 21 heavy (non-hydrogen) atoms. The van der Waals surface area contributed by atoms with Gasteiger partial charge in [-0.1, -0.05) is 11.6 Å². The van der Waals surface area contributed by atoms with Gasteiger partial charge >= 0.3 is 5.97 Å². The van der Waals surface area contributed by atoms with E-state index in [1.54, 1.807) is 38.1 Å². The summed E-state index contributed by atoms with van der Waals surface area (Å²) in [5, 5.41) is 0.546. The zero-order valence-electron chi connectivity index (χ0n) is 12.5. The van der Waals surface area contributed by atoms with E-state index < -0.39 is 0 Å². The van der Waals surface area contributed by atoms with Gasteiger partial charge in [-0.15, -0.1) is 0 Å². The Hall–Kier alpha value is -1.82. The average Bonchev–Trinajstić information content (AvgIpc) is 2.45. The molecule has 7 heteroatoms. The van der Waals surface area contributed by atoms with Gasteiger partial charge in [-0.2, -0.15) is 0 Å². The summed E-state index contributed by atoms with van der Waals surface area (Å²) in [6.07, 6.45) is 1.72. The van der Waals surface area contributed by atoms with Crippen LogP contribution >= 0.6 is 11.6 Å². The summed E-state index contributed by atoms with van der Waals surface area (Å²) in [5.74, 6) is 0.259. The van der Waals surface area contributed by atoms with Gasteiger partial charge in [0, 0.05) is 26.8 Å². The first-order chi connectivity index (χ1) is 9.93. The molecule has 0 aliphatic heterocycles. The minimum Gasteiger partial charge on any atom is -0.466 e. The molecule has 0 fully saturated rings. The highest BCUT2D eigenvalue weighted by Gasteiger charge is 2.14. The Balaban J connectivity index is 2.44. The van der Waals surface area contributed by atoms with E-state index in [1.165, 1.54) is 11.1 Å². The molecule has 0 bridgehead atoms. The van der Waals surface area contributed by atoms with Gasteiger partial charge in [-0.05, 0) is 19.1 Å². The zero-order valence-corrected chi connectivity index (χ0v) is 13.3. The fraction of sp³-hybridized carbons (Fsp3) is 0.500. The number of halogens is 1. The summed E-state index contributed by atoms with van der Waals surface area (Å²) in [6, 6.07) is 3.46. The van der Waals surface area contributed by atoms with E-state index in [9.17, 15) is 9.59 Å². The maximum atomic E-state index is 12.0. The van der Waals surface area contributed by atoms with Crippen LogP contribution in [0.25, 0.3) is 0 Å². The van der Waals surface area contributed by atoms with Crippen molar-refractivity contribution in [1.82, 2.24) is 9.88 Å². The van der Waals surface area contributed by atoms with Crippen LogP contribution in [0.5, 0.6) is 0 Å². The van der Waals surface area contributed by atoms with E-state index in [2.05, 4.69) is 4.98 Å². The molecule has 0 saturated heterocycles. The molecule has 0 radical (unpaired) electrons. The second-order valence-electron chi connectivity index (χ2n) is 4.56. The molecule has 0 saturated carbocycles. The van der Waals surface area contributed by atoms with Crippen LogP contribution in [0.3, 0.4) is 0 Å². The molecular formula is C14H20ClN3O3. The van der Waals surface area contributed by atoms with Gasteiger partial charge in [0.15, 0.2) is 0 Å². The number of amides is 1. The van der Waals surface area contributed by atoms with Crippen LogP contribution < -0.4 is 4.90 Å². The molecule has 1 rings (SSSR count). The molecule has 1 heterocycles. The van der Waals surface area contributed by atoms with E-state index in [1.807, 2.05) is 0 Å². The Kier molecular flexibility index (Phi) is 6.94. The average molecular weight is 314 g/mol. The lowest BCUT2D eigenvalue weighted by Crippen LogP contribution is -2.38. The Morgan fingerprint density at radius 2 is 2.05 bits per heavy atom. The molecule has 1 aromatic heterocycles. The first-order valence-corrected chi connectivity index (χ1v) is 7.04. The van der Waals surface area contributed by atoms with Gasteiger partial charge in [0.05, 0.1) is 24.6 Å². The first-order valence-electron chi connectivity index (χ1n) is 6.66. The van der Waals surface area contributed by atoms with Crippen molar-refractivity contribution < 1.29 is 14.3 Å². The number of hydrogen-bond acceptors (Lipinski definition) is 5. The standard InChI is InChI=1S/C14H20ClN3O3/c1-4-21-14(20)7-8-17(2)13(19)10-18(3)12-6-5-11(15)9-16-12/h5-6,9H,4,7-8,10H2,1-3H3. The summed E-state index contributed by atoms with van der Waals surface area (Å²) in [5.41, 5.74) is 0. The lowest BCUT2D eigenvalue weighted by molar-refractivity contribution is -0.143. The van der Waals surface area contributed by atoms with Crippen molar-refractivity contribution in [3.63, 3.8) is 0 Å². The minimum atomic E-state index is -0.301. The maximum Gasteiger partial charge on any atom is 0.307 e. The van der Waals surface area contributed by atoms with Crippen molar-refractivity contribution >= 4 is 29.3 Å². The molecule has 0 aromatic carbocycles. The molecule has 0 aliphatic rings. The topological polar surface area (TPSA) is 62.7 Å². The number of aromatic nitrogens is 1. The van der Waals surface area contributed by atoms with Gasteiger partial charge < -0.3 is 14.5 Å².